The molecule has 3 rings (SSSR count). The van der Waals surface area contributed by atoms with Gasteiger partial charge in [-0.3, -0.25) is 4.31 Å². The van der Waals surface area contributed by atoms with Gasteiger partial charge in [0.05, 0.1) is 23.0 Å². The first kappa shape index (κ1) is 18.1. The van der Waals surface area contributed by atoms with Crippen LogP contribution in [0.5, 0.6) is 0 Å². The molecule has 1 unspecified atom stereocenters. The van der Waals surface area contributed by atoms with Gasteiger partial charge in [0.25, 0.3) is 10.0 Å². The average molecular weight is 390 g/mol. The van der Waals surface area contributed by atoms with E-state index in [1.165, 1.54) is 30.3 Å². The Balaban J connectivity index is 2.10. The molecule has 134 valence electrons. The van der Waals surface area contributed by atoms with E-state index in [4.69, 9.17) is 11.6 Å². The van der Waals surface area contributed by atoms with Crippen molar-refractivity contribution < 1.29 is 21.6 Å². The molecule has 0 fully saturated rings. The fraction of sp³-hybridized carbons (Fsp3) is 0.294. The summed E-state index contributed by atoms with van der Waals surface area (Å²) < 4.78 is 65.9. The molecule has 2 aromatic carbocycles. The van der Waals surface area contributed by atoms with E-state index < -0.39 is 28.7 Å². The van der Waals surface area contributed by atoms with Crippen molar-refractivity contribution in [2.24, 2.45) is 0 Å². The zero-order chi connectivity index (χ0) is 18.4. The lowest BCUT2D eigenvalue weighted by Gasteiger charge is -2.27. The van der Waals surface area contributed by atoms with Crippen molar-refractivity contribution in [1.82, 2.24) is 0 Å². The third kappa shape index (κ3) is 3.62. The largest absolute Gasteiger partial charge is 0.391 e. The Bertz CT molecular complexity index is 895. The number of nitrogens with zero attached hydrogens (tertiary/aromatic N) is 1. The minimum atomic E-state index is -4.47. The van der Waals surface area contributed by atoms with Crippen LogP contribution in [-0.4, -0.2) is 20.6 Å². The number of hydrogen-bond donors (Lipinski definition) is 0. The van der Waals surface area contributed by atoms with Crippen molar-refractivity contribution in [3.05, 3.63) is 58.6 Å². The van der Waals surface area contributed by atoms with Gasteiger partial charge in [0, 0.05) is 5.02 Å². The molecule has 0 saturated carbocycles. The van der Waals surface area contributed by atoms with Crippen molar-refractivity contribution in [2.75, 3.05) is 4.31 Å². The van der Waals surface area contributed by atoms with Gasteiger partial charge in [0.1, 0.15) is 0 Å². The molecule has 0 aliphatic carbocycles. The van der Waals surface area contributed by atoms with Crippen LogP contribution in [0.3, 0.4) is 0 Å². The molecule has 1 aliphatic rings. The molecule has 0 N–H and O–H groups in total. The molecule has 0 spiro atoms. The van der Waals surface area contributed by atoms with E-state index in [1.54, 1.807) is 19.1 Å². The summed E-state index contributed by atoms with van der Waals surface area (Å²) in [5.41, 5.74) is 1.61. The van der Waals surface area contributed by atoms with Gasteiger partial charge in [-0.25, -0.2) is 8.42 Å². The summed E-state index contributed by atoms with van der Waals surface area (Å²) in [7, 11) is -4.11. The van der Waals surface area contributed by atoms with Crippen molar-refractivity contribution >= 4 is 27.3 Å². The first-order valence-electron chi connectivity index (χ1n) is 7.54. The molecular formula is C17H15ClF3NO2S. The molecule has 0 bridgehead atoms. The van der Waals surface area contributed by atoms with E-state index in [0.29, 0.717) is 10.6 Å². The smallest absolute Gasteiger partial charge is 0.262 e. The SMILES string of the molecule is Cc1ccc(S(=O)(=O)N2c3ccc(Cl)cc3CC2CC(F)(F)F)cc1. The highest BCUT2D eigenvalue weighted by Crippen LogP contribution is 2.41. The number of halogens is 4. The minimum Gasteiger partial charge on any atom is -0.262 e. The standard InChI is InChI=1S/C17H15ClF3NO2S/c1-11-2-5-15(6-3-11)25(23,24)22-14(10-17(19,20)21)9-12-8-13(18)4-7-16(12)22/h2-8,14H,9-10H2,1H3. The summed E-state index contributed by atoms with van der Waals surface area (Å²) in [6, 6.07) is 9.28. The number of alkyl halides is 3. The molecule has 1 atom stereocenters. The third-order valence-corrected chi connectivity index (χ3v) is 6.23. The van der Waals surface area contributed by atoms with E-state index in [1.807, 2.05) is 0 Å². The van der Waals surface area contributed by atoms with Crippen molar-refractivity contribution in [1.29, 1.82) is 0 Å². The molecule has 3 nitrogen and oxygen atoms in total. The number of anilines is 1. The van der Waals surface area contributed by atoms with Crippen LogP contribution in [0.25, 0.3) is 0 Å². The molecule has 0 aromatic heterocycles. The first-order chi connectivity index (χ1) is 11.6. The molecule has 2 aromatic rings. The molecule has 0 radical (unpaired) electrons. The summed E-state index contributed by atoms with van der Waals surface area (Å²) in [4.78, 5) is -0.0342. The van der Waals surface area contributed by atoms with Crippen LogP contribution in [0.1, 0.15) is 17.5 Å². The Labute approximate surface area is 149 Å². The lowest BCUT2D eigenvalue weighted by Crippen LogP contribution is -2.40. The molecule has 0 amide bonds. The second-order valence-electron chi connectivity index (χ2n) is 6.06. The van der Waals surface area contributed by atoms with Crippen LogP contribution in [0, 0.1) is 6.92 Å². The quantitative estimate of drug-likeness (QED) is 0.761. The van der Waals surface area contributed by atoms with E-state index >= 15 is 0 Å². The Morgan fingerprint density at radius 1 is 1.16 bits per heavy atom. The molecule has 0 saturated heterocycles. The maximum atomic E-state index is 13.0. The fourth-order valence-corrected chi connectivity index (χ4v) is 4.92. The normalized spacial score (nSPS) is 17.6. The third-order valence-electron chi connectivity index (χ3n) is 4.11. The number of rotatable bonds is 3. The minimum absolute atomic E-state index is 0.0273. The fourth-order valence-electron chi connectivity index (χ4n) is 3.04. The number of hydrogen-bond acceptors (Lipinski definition) is 2. The van der Waals surface area contributed by atoms with Gasteiger partial charge in [-0.15, -0.1) is 0 Å². The van der Waals surface area contributed by atoms with Crippen molar-refractivity contribution in [2.45, 2.75) is 36.9 Å². The van der Waals surface area contributed by atoms with Gasteiger partial charge >= 0.3 is 6.18 Å². The second kappa shape index (κ2) is 6.21. The van der Waals surface area contributed by atoms with E-state index in [2.05, 4.69) is 0 Å². The topological polar surface area (TPSA) is 37.4 Å². The maximum Gasteiger partial charge on any atom is 0.391 e. The molecular weight excluding hydrogens is 375 g/mol. The summed E-state index contributed by atoms with van der Waals surface area (Å²) >= 11 is 5.91. The molecule has 8 heteroatoms. The van der Waals surface area contributed by atoms with Gasteiger partial charge in [0.15, 0.2) is 0 Å². The summed E-state index contributed by atoms with van der Waals surface area (Å²) in [5.74, 6) is 0. The lowest BCUT2D eigenvalue weighted by atomic mass is 10.1. The van der Waals surface area contributed by atoms with Gasteiger partial charge in [-0.05, 0) is 49.2 Å². The predicted molar refractivity (Wildman–Crippen MR) is 90.5 cm³/mol. The van der Waals surface area contributed by atoms with E-state index in [9.17, 15) is 21.6 Å². The van der Waals surface area contributed by atoms with Crippen LogP contribution in [0.4, 0.5) is 18.9 Å². The Kier molecular flexibility index (Phi) is 4.49. The highest BCUT2D eigenvalue weighted by molar-refractivity contribution is 7.92. The number of sulfonamides is 1. The maximum absolute atomic E-state index is 13.0. The van der Waals surface area contributed by atoms with E-state index in [-0.39, 0.29) is 17.0 Å². The molecule has 1 aliphatic heterocycles. The zero-order valence-corrected chi connectivity index (χ0v) is 14.8. The Morgan fingerprint density at radius 3 is 2.40 bits per heavy atom. The van der Waals surface area contributed by atoms with Crippen LogP contribution >= 0.6 is 11.6 Å². The van der Waals surface area contributed by atoms with Gasteiger partial charge < -0.3 is 0 Å². The number of benzene rings is 2. The lowest BCUT2D eigenvalue weighted by molar-refractivity contribution is -0.137. The predicted octanol–water partition coefficient (Wildman–Crippen LogP) is 4.72. The Morgan fingerprint density at radius 2 is 1.80 bits per heavy atom. The van der Waals surface area contributed by atoms with E-state index in [0.717, 1.165) is 9.87 Å². The van der Waals surface area contributed by atoms with Crippen molar-refractivity contribution in [3.63, 3.8) is 0 Å². The Hall–Kier alpha value is -1.73. The molecule has 1 heterocycles. The summed E-state index contributed by atoms with van der Waals surface area (Å²) in [5, 5.41) is 0.360. The second-order valence-corrected chi connectivity index (χ2v) is 8.32. The first-order valence-corrected chi connectivity index (χ1v) is 9.36. The highest BCUT2D eigenvalue weighted by atomic mass is 35.5. The summed E-state index contributed by atoms with van der Waals surface area (Å²) in [6.07, 6.45) is -5.72. The van der Waals surface area contributed by atoms with Crippen LogP contribution in [0.15, 0.2) is 47.4 Å². The van der Waals surface area contributed by atoms with Crippen LogP contribution in [0.2, 0.25) is 5.02 Å². The molecule has 25 heavy (non-hydrogen) atoms. The monoisotopic (exact) mass is 389 g/mol. The number of aryl methyl sites for hydroxylation is 1. The van der Waals surface area contributed by atoms with Crippen LogP contribution in [-0.2, 0) is 16.4 Å². The van der Waals surface area contributed by atoms with Gasteiger partial charge in [0.2, 0.25) is 0 Å². The zero-order valence-electron chi connectivity index (χ0n) is 13.2. The van der Waals surface area contributed by atoms with Crippen molar-refractivity contribution in [3.8, 4) is 0 Å². The number of fused-ring (bicyclic) bond motifs is 1. The summed E-state index contributed by atoms with van der Waals surface area (Å²) in [6.45, 7) is 1.80. The van der Waals surface area contributed by atoms with Crippen LogP contribution < -0.4 is 4.31 Å². The van der Waals surface area contributed by atoms with Gasteiger partial charge in [-0.2, -0.15) is 13.2 Å². The van der Waals surface area contributed by atoms with Gasteiger partial charge in [-0.1, -0.05) is 29.3 Å². The highest BCUT2D eigenvalue weighted by Gasteiger charge is 2.44. The average Bonchev–Trinajstić information content (AvgIpc) is 2.82.